The molecule has 0 spiro atoms. The van der Waals surface area contributed by atoms with E-state index < -0.39 is 0 Å². The second-order valence-electron chi connectivity index (χ2n) is 9.38. The number of fused-ring (bicyclic) bond motifs is 1. The largest absolute Gasteiger partial charge is 0.368 e. The van der Waals surface area contributed by atoms with Gasteiger partial charge in [0, 0.05) is 49.3 Å². The van der Waals surface area contributed by atoms with Crippen molar-refractivity contribution in [2.45, 2.75) is 58.0 Å². The third kappa shape index (κ3) is 4.60. The van der Waals surface area contributed by atoms with Gasteiger partial charge in [-0.1, -0.05) is 12.1 Å². The highest BCUT2D eigenvalue weighted by Crippen LogP contribution is 2.30. The Morgan fingerprint density at radius 2 is 1.97 bits per heavy atom. The Balaban J connectivity index is 1.36. The van der Waals surface area contributed by atoms with Gasteiger partial charge in [0.25, 0.3) is 5.91 Å². The summed E-state index contributed by atoms with van der Waals surface area (Å²) in [6.07, 6.45) is 6.16. The maximum atomic E-state index is 12.4. The van der Waals surface area contributed by atoms with E-state index in [1.54, 1.807) is 6.33 Å². The van der Waals surface area contributed by atoms with E-state index in [0.29, 0.717) is 30.4 Å². The summed E-state index contributed by atoms with van der Waals surface area (Å²) in [5, 5.41) is 6.41. The molecule has 2 N–H and O–H groups in total. The van der Waals surface area contributed by atoms with Crippen LogP contribution < -0.4 is 10.6 Å². The highest BCUT2D eigenvalue weighted by atomic mass is 16.2. The molecule has 2 fully saturated rings. The minimum Gasteiger partial charge on any atom is -0.368 e. The first kappa shape index (κ1) is 22.3. The zero-order chi connectivity index (χ0) is 23.7. The van der Waals surface area contributed by atoms with E-state index >= 15 is 0 Å². The molecule has 2 amide bonds. The summed E-state index contributed by atoms with van der Waals surface area (Å²) in [6.45, 7) is 6.52. The van der Waals surface area contributed by atoms with E-state index in [9.17, 15) is 9.59 Å². The van der Waals surface area contributed by atoms with Crippen LogP contribution in [0.15, 0.2) is 30.6 Å². The van der Waals surface area contributed by atoms with Crippen molar-refractivity contribution in [1.29, 1.82) is 0 Å². The molecule has 3 aromatic rings. The van der Waals surface area contributed by atoms with Crippen molar-refractivity contribution in [3.63, 3.8) is 0 Å². The molecule has 0 unspecified atom stereocenters. The molecule has 1 saturated heterocycles. The van der Waals surface area contributed by atoms with Gasteiger partial charge in [-0.15, -0.1) is 0 Å². The third-order valence-electron chi connectivity index (χ3n) is 6.38. The van der Waals surface area contributed by atoms with Crippen molar-refractivity contribution in [2.75, 3.05) is 25.0 Å². The average Bonchev–Trinajstić information content (AvgIpc) is 3.41. The van der Waals surface area contributed by atoms with Crippen molar-refractivity contribution in [3.05, 3.63) is 36.2 Å². The molecule has 0 bridgehead atoms. The molecule has 2 aromatic heterocycles. The zero-order valence-electron chi connectivity index (χ0n) is 19.8. The normalized spacial score (nSPS) is 16.0. The number of likely N-dealkylation sites (tertiary alicyclic amines) is 1. The Morgan fingerprint density at radius 1 is 1.18 bits per heavy atom. The molecule has 0 radical (unpaired) electrons. The van der Waals surface area contributed by atoms with Gasteiger partial charge in [-0.3, -0.25) is 9.59 Å². The van der Waals surface area contributed by atoms with Gasteiger partial charge in [0.2, 0.25) is 5.91 Å². The van der Waals surface area contributed by atoms with Crippen LogP contribution in [-0.2, 0) is 4.79 Å². The van der Waals surface area contributed by atoms with Crippen LogP contribution in [0.1, 0.15) is 62.4 Å². The first-order valence-electron chi connectivity index (χ1n) is 12.2. The molecule has 1 aliphatic heterocycles. The second-order valence-corrected chi connectivity index (χ2v) is 9.38. The van der Waals surface area contributed by atoms with Crippen molar-refractivity contribution >= 4 is 28.8 Å². The van der Waals surface area contributed by atoms with Crippen LogP contribution in [0, 0.1) is 0 Å². The van der Waals surface area contributed by atoms with E-state index in [-0.39, 0.29) is 17.9 Å². The number of nitrogens with one attached hydrogen (secondary N) is 2. The van der Waals surface area contributed by atoms with Gasteiger partial charge in [0.15, 0.2) is 17.0 Å². The highest BCUT2D eigenvalue weighted by molar-refractivity contribution is 5.95. The lowest BCUT2D eigenvalue weighted by molar-refractivity contribution is -0.127. The first-order valence-corrected chi connectivity index (χ1v) is 12.2. The topological polar surface area (TPSA) is 105 Å². The number of carbonyl (C=O) groups is 2. The van der Waals surface area contributed by atoms with Crippen molar-refractivity contribution in [2.24, 2.45) is 0 Å². The SMILES string of the molecule is CC(C)n1c(-c2ccc(C(=O)NC3CC3)cc2)nc2c(NCCCN3CCCC3=O)ncnc21. The minimum atomic E-state index is -0.0283. The van der Waals surface area contributed by atoms with Crippen LogP contribution in [0.2, 0.25) is 0 Å². The molecular weight excluding hydrogens is 430 g/mol. The van der Waals surface area contributed by atoms with Crippen molar-refractivity contribution < 1.29 is 9.59 Å². The Kier molecular flexibility index (Phi) is 6.17. The molecule has 9 heteroatoms. The summed E-state index contributed by atoms with van der Waals surface area (Å²) in [7, 11) is 0. The Morgan fingerprint density at radius 3 is 2.65 bits per heavy atom. The van der Waals surface area contributed by atoms with Crippen molar-refractivity contribution in [3.8, 4) is 11.4 Å². The van der Waals surface area contributed by atoms with E-state index in [1.165, 1.54) is 0 Å². The quantitative estimate of drug-likeness (QED) is 0.473. The molecular formula is C25H31N7O2. The summed E-state index contributed by atoms with van der Waals surface area (Å²) < 4.78 is 2.10. The minimum absolute atomic E-state index is 0.0283. The fourth-order valence-electron chi connectivity index (χ4n) is 4.42. The number of hydrogen-bond acceptors (Lipinski definition) is 6. The maximum absolute atomic E-state index is 12.4. The van der Waals surface area contributed by atoms with Crippen LogP contribution in [0.5, 0.6) is 0 Å². The van der Waals surface area contributed by atoms with Gasteiger partial charge in [-0.05, 0) is 51.7 Å². The molecule has 1 aromatic carbocycles. The Labute approximate surface area is 199 Å². The van der Waals surface area contributed by atoms with Gasteiger partial charge in [0.1, 0.15) is 12.2 Å². The summed E-state index contributed by atoms with van der Waals surface area (Å²) in [4.78, 5) is 40.0. The number of hydrogen-bond donors (Lipinski definition) is 2. The fourth-order valence-corrected chi connectivity index (χ4v) is 4.42. The van der Waals surface area contributed by atoms with Crippen molar-refractivity contribution in [1.82, 2.24) is 29.7 Å². The summed E-state index contributed by atoms with van der Waals surface area (Å²) in [5.41, 5.74) is 3.07. The molecule has 0 atom stereocenters. The first-order chi connectivity index (χ1) is 16.5. The maximum Gasteiger partial charge on any atom is 0.251 e. The smallest absolute Gasteiger partial charge is 0.251 e. The molecule has 1 saturated carbocycles. The van der Waals surface area contributed by atoms with Crippen LogP contribution in [-0.4, -0.2) is 61.9 Å². The number of carbonyl (C=O) groups excluding carboxylic acids is 2. The lowest BCUT2D eigenvalue weighted by Gasteiger charge is -2.15. The van der Waals surface area contributed by atoms with Gasteiger partial charge in [-0.25, -0.2) is 15.0 Å². The molecule has 34 heavy (non-hydrogen) atoms. The summed E-state index contributed by atoms with van der Waals surface area (Å²) in [6, 6.07) is 8.05. The van der Waals surface area contributed by atoms with E-state index in [1.807, 2.05) is 29.2 Å². The van der Waals surface area contributed by atoms with Gasteiger partial charge < -0.3 is 20.1 Å². The number of rotatable bonds is 9. The molecule has 1 aliphatic carbocycles. The Hall–Kier alpha value is -3.49. The van der Waals surface area contributed by atoms with E-state index in [0.717, 1.165) is 61.3 Å². The summed E-state index contributed by atoms with van der Waals surface area (Å²) >= 11 is 0. The van der Waals surface area contributed by atoms with Gasteiger partial charge >= 0.3 is 0 Å². The van der Waals surface area contributed by atoms with Crippen LogP contribution in [0.4, 0.5) is 5.82 Å². The number of amides is 2. The molecule has 5 rings (SSSR count). The molecule has 178 valence electrons. The number of imidazole rings is 1. The second kappa shape index (κ2) is 9.40. The van der Waals surface area contributed by atoms with Crippen LogP contribution >= 0.6 is 0 Å². The van der Waals surface area contributed by atoms with E-state index in [4.69, 9.17) is 4.98 Å². The van der Waals surface area contributed by atoms with Gasteiger partial charge in [0.05, 0.1) is 0 Å². The van der Waals surface area contributed by atoms with Crippen LogP contribution in [0.3, 0.4) is 0 Å². The lowest BCUT2D eigenvalue weighted by Crippen LogP contribution is -2.27. The number of anilines is 1. The summed E-state index contributed by atoms with van der Waals surface area (Å²) in [5.74, 6) is 1.71. The van der Waals surface area contributed by atoms with Crippen LogP contribution in [0.25, 0.3) is 22.6 Å². The monoisotopic (exact) mass is 461 g/mol. The highest BCUT2D eigenvalue weighted by Gasteiger charge is 2.24. The predicted molar refractivity (Wildman–Crippen MR) is 131 cm³/mol. The number of benzene rings is 1. The Bertz CT molecular complexity index is 1200. The molecule has 9 nitrogen and oxygen atoms in total. The molecule has 3 heterocycles. The number of nitrogens with zero attached hydrogens (tertiary/aromatic N) is 5. The van der Waals surface area contributed by atoms with Gasteiger partial charge in [-0.2, -0.15) is 0 Å². The predicted octanol–water partition coefficient (Wildman–Crippen LogP) is 3.39. The molecule has 2 aliphatic rings. The lowest BCUT2D eigenvalue weighted by atomic mass is 10.1. The van der Waals surface area contributed by atoms with E-state index in [2.05, 4.69) is 39.0 Å². The zero-order valence-corrected chi connectivity index (χ0v) is 19.8. The fraction of sp³-hybridized carbons (Fsp3) is 0.480. The number of aromatic nitrogens is 4. The third-order valence-corrected chi connectivity index (χ3v) is 6.38. The standard InChI is InChI=1S/C25H31N7O2/c1-16(2)32-23(17-6-8-18(9-7-17)25(34)29-19-10-11-19)30-21-22(27-15-28-24(21)32)26-12-4-14-31-13-3-5-20(31)33/h6-9,15-16,19H,3-5,10-14H2,1-2H3,(H,29,34)(H,26,27,28). The average molecular weight is 462 g/mol.